The van der Waals surface area contributed by atoms with Gasteiger partial charge >= 0.3 is 20.1 Å². The Morgan fingerprint density at radius 3 is 1.16 bits per heavy atom. The average Bonchev–Trinajstić information content (AvgIpc) is 2.91. The van der Waals surface area contributed by atoms with E-state index in [-0.39, 0.29) is 45.1 Å². The molecule has 1 aliphatic carbocycles. The molecule has 2 N–H and O–H groups in total. The van der Waals surface area contributed by atoms with Gasteiger partial charge in [0.15, 0.2) is 0 Å². The van der Waals surface area contributed by atoms with Crippen molar-refractivity contribution in [2.24, 2.45) is 23.7 Å². The zero-order valence-corrected chi connectivity index (χ0v) is 21.9. The van der Waals surface area contributed by atoms with Crippen LogP contribution in [-0.4, -0.2) is 19.6 Å². The van der Waals surface area contributed by atoms with Crippen LogP contribution in [0.4, 0.5) is 0 Å². The summed E-state index contributed by atoms with van der Waals surface area (Å²) in [6.07, 6.45) is 0. The van der Waals surface area contributed by atoms with E-state index in [1.807, 2.05) is 50.5 Å². The van der Waals surface area contributed by atoms with E-state index in [0.717, 1.165) is 23.7 Å². The van der Waals surface area contributed by atoms with Crippen molar-refractivity contribution >= 4 is 0 Å². The first-order valence-corrected chi connectivity index (χ1v) is 10.5. The molecular weight excluding hydrogens is 561 g/mol. The summed E-state index contributed by atoms with van der Waals surface area (Å²) >= 11 is 0. The zero-order valence-electron chi connectivity index (χ0n) is 19.5. The molecule has 0 aromatic heterocycles. The van der Waals surface area contributed by atoms with Crippen LogP contribution in [-0.2, 0) is 20.1 Å². The molecule has 1 saturated carbocycles. The Morgan fingerprint density at radius 1 is 0.677 bits per heavy atom. The predicted octanol–water partition coefficient (Wildman–Crippen LogP) is 7.42. The van der Waals surface area contributed by atoms with Crippen LogP contribution in [0, 0.1) is 29.6 Å². The maximum atomic E-state index is 4.51. The van der Waals surface area contributed by atoms with Crippen molar-refractivity contribution in [1.82, 2.24) is 0 Å². The second kappa shape index (κ2) is 15.7. The third-order valence-electron chi connectivity index (χ3n) is 6.98. The van der Waals surface area contributed by atoms with Gasteiger partial charge in [0, 0.05) is 0 Å². The Bertz CT molecular complexity index is 592. The van der Waals surface area contributed by atoms with E-state index < -0.39 is 0 Å². The van der Waals surface area contributed by atoms with Crippen molar-refractivity contribution in [1.29, 1.82) is 0 Å². The fraction of sp³-hybridized carbons (Fsp3) is 0.519. The minimum absolute atomic E-state index is 0. The molecule has 1 aliphatic rings. The summed E-state index contributed by atoms with van der Waals surface area (Å²) in [6.45, 7) is 11.8. The quantitative estimate of drug-likeness (QED) is 0.319. The Balaban J connectivity index is 0. The summed E-state index contributed by atoms with van der Waals surface area (Å²) in [4.78, 5) is 0. The Kier molecular flexibility index (Phi) is 16.3. The molecule has 0 aliphatic heterocycles. The van der Waals surface area contributed by atoms with E-state index in [4.69, 9.17) is 0 Å². The SMILES string of the molecule is C.C[C-]1C(C)C(C)C(C)C1C.C[N-][C@H](c1ccccc1)[C@H]([N-]C)c1ccccc1.O.[Ir+3]. The van der Waals surface area contributed by atoms with Crippen molar-refractivity contribution < 1.29 is 25.6 Å². The molecule has 6 atom stereocenters. The van der Waals surface area contributed by atoms with E-state index in [9.17, 15) is 0 Å². The van der Waals surface area contributed by atoms with Gasteiger partial charge in [0.1, 0.15) is 0 Å². The molecule has 4 heteroatoms. The number of rotatable bonds is 5. The van der Waals surface area contributed by atoms with Gasteiger partial charge in [-0.25, -0.2) is 0 Å². The smallest absolute Gasteiger partial charge is 0.659 e. The summed E-state index contributed by atoms with van der Waals surface area (Å²) in [6, 6.07) is 20.8. The molecule has 31 heavy (non-hydrogen) atoms. The molecule has 0 spiro atoms. The van der Waals surface area contributed by atoms with Crippen molar-refractivity contribution in [3.8, 4) is 0 Å². The maximum Gasteiger partial charge on any atom is 3.00 e. The van der Waals surface area contributed by atoms with E-state index in [0.29, 0.717) is 0 Å². The second-order valence-corrected chi connectivity index (χ2v) is 8.27. The monoisotopic (exact) mass is 604 g/mol. The minimum atomic E-state index is 0. The van der Waals surface area contributed by atoms with Gasteiger partial charge in [-0.15, -0.1) is 12.1 Å². The van der Waals surface area contributed by atoms with E-state index >= 15 is 0 Å². The van der Waals surface area contributed by atoms with Crippen LogP contribution in [0.5, 0.6) is 0 Å². The fourth-order valence-electron chi connectivity index (χ4n) is 4.40. The van der Waals surface area contributed by atoms with Gasteiger partial charge in [-0.2, -0.15) is 32.9 Å². The number of hydrogen-bond acceptors (Lipinski definition) is 0. The van der Waals surface area contributed by atoms with Crippen molar-refractivity contribution in [2.75, 3.05) is 14.1 Å². The first-order valence-electron chi connectivity index (χ1n) is 10.5. The standard InChI is InChI=1S/C16H18N2.C10H19.CH4.Ir.H2O/c1-17-15(13-9-5-3-6-10-13)16(18-2)14-11-7-4-8-12-14;1-6-7(2)9(4)10(5)8(6)3;;;/h3-12,15-16H,1-2H3;6-9H,1-5H3;1H4;;1H2/q-2;-1;;+3;/t15-,16-;;;;/m1..../s1. The summed E-state index contributed by atoms with van der Waals surface area (Å²) in [5.41, 5.74) is 2.42. The van der Waals surface area contributed by atoms with Gasteiger partial charge in [-0.3, -0.25) is 0 Å². The summed E-state index contributed by atoms with van der Waals surface area (Å²) < 4.78 is 0. The number of likely N-dealkylation sites (N-methyl/N-ethyl adjacent to an activating group) is 2. The van der Waals surface area contributed by atoms with Crippen molar-refractivity contribution in [2.45, 2.75) is 54.1 Å². The van der Waals surface area contributed by atoms with E-state index in [1.54, 1.807) is 5.92 Å². The van der Waals surface area contributed by atoms with Crippen LogP contribution in [0.1, 0.15) is 65.3 Å². The van der Waals surface area contributed by atoms with Crippen LogP contribution in [0.15, 0.2) is 60.7 Å². The molecular formula is C27H43IrN2O. The summed E-state index contributed by atoms with van der Waals surface area (Å²) in [7, 11) is 3.72. The predicted molar refractivity (Wildman–Crippen MR) is 133 cm³/mol. The molecule has 3 rings (SSSR count). The molecule has 3 nitrogen and oxygen atoms in total. The van der Waals surface area contributed by atoms with Crippen LogP contribution in [0.2, 0.25) is 0 Å². The van der Waals surface area contributed by atoms with Crippen molar-refractivity contribution in [3.63, 3.8) is 0 Å². The van der Waals surface area contributed by atoms with Gasteiger partial charge in [0.2, 0.25) is 0 Å². The molecule has 2 aromatic carbocycles. The largest absolute Gasteiger partial charge is 3.00 e. The van der Waals surface area contributed by atoms with E-state index in [1.165, 1.54) is 11.1 Å². The Labute approximate surface area is 205 Å². The molecule has 0 bridgehead atoms. The van der Waals surface area contributed by atoms with Crippen molar-refractivity contribution in [3.05, 3.63) is 88.3 Å². The Hall–Kier alpha value is -1.03. The molecule has 0 saturated heterocycles. The molecule has 0 amide bonds. The minimum Gasteiger partial charge on any atom is -0.659 e. The average molecular weight is 604 g/mol. The van der Waals surface area contributed by atoms with Gasteiger partial charge in [-0.1, -0.05) is 119 Å². The van der Waals surface area contributed by atoms with E-state index in [2.05, 4.69) is 69.5 Å². The topological polar surface area (TPSA) is 59.7 Å². The van der Waals surface area contributed by atoms with Gasteiger partial charge in [-0.05, 0) is 0 Å². The van der Waals surface area contributed by atoms with Crippen LogP contribution in [0.3, 0.4) is 0 Å². The molecule has 4 unspecified atom stereocenters. The van der Waals surface area contributed by atoms with Gasteiger partial charge in [0.05, 0.1) is 0 Å². The zero-order chi connectivity index (χ0) is 20.7. The Morgan fingerprint density at radius 2 is 0.968 bits per heavy atom. The third kappa shape index (κ3) is 8.11. The van der Waals surface area contributed by atoms with Crippen LogP contribution in [0.25, 0.3) is 10.6 Å². The third-order valence-corrected chi connectivity index (χ3v) is 6.98. The second-order valence-electron chi connectivity index (χ2n) is 8.27. The molecule has 0 radical (unpaired) electrons. The normalized spacial score (nSPS) is 24.4. The van der Waals surface area contributed by atoms with Gasteiger partial charge < -0.3 is 22.0 Å². The van der Waals surface area contributed by atoms with Gasteiger partial charge in [0.25, 0.3) is 0 Å². The first kappa shape index (κ1) is 32.2. The van der Waals surface area contributed by atoms with Crippen LogP contribution < -0.4 is 0 Å². The molecule has 1 fully saturated rings. The number of benzene rings is 2. The van der Waals surface area contributed by atoms with Crippen LogP contribution >= 0.6 is 0 Å². The molecule has 176 valence electrons. The summed E-state index contributed by atoms with van der Waals surface area (Å²) in [5, 5.41) is 9.02. The summed E-state index contributed by atoms with van der Waals surface area (Å²) in [5.74, 6) is 5.21. The fourth-order valence-corrected chi connectivity index (χ4v) is 4.40. The number of nitrogens with zero attached hydrogens (tertiary/aromatic N) is 2. The first-order chi connectivity index (χ1) is 13.4. The number of hydrogen-bond donors (Lipinski definition) is 0. The molecule has 2 aromatic rings. The molecule has 0 heterocycles. The maximum absolute atomic E-state index is 4.51.